The fourth-order valence-corrected chi connectivity index (χ4v) is 5.17. The molecule has 0 radical (unpaired) electrons. The third kappa shape index (κ3) is 3.67. The lowest BCUT2D eigenvalue weighted by atomic mass is 9.74. The number of aryl methyl sites for hydroxylation is 2. The number of hydrogen-bond acceptors (Lipinski definition) is 6. The number of urea groups is 1. The van der Waals surface area contributed by atoms with Crippen molar-refractivity contribution in [3.8, 4) is 0 Å². The number of hydrogen-bond donors (Lipinski definition) is 2. The minimum atomic E-state index is -0.345. The molecule has 0 bridgehead atoms. The summed E-state index contributed by atoms with van der Waals surface area (Å²) >= 11 is 1.47. The fraction of sp³-hybridized carbons (Fsp3) is 0.381. The van der Waals surface area contributed by atoms with Gasteiger partial charge in [-0.15, -0.1) is 11.3 Å². The first-order valence-corrected chi connectivity index (χ1v) is 11.1. The highest BCUT2D eigenvalue weighted by Crippen LogP contribution is 2.47. The van der Waals surface area contributed by atoms with Gasteiger partial charge in [-0.25, -0.2) is 19.4 Å². The van der Waals surface area contributed by atoms with Crippen molar-refractivity contribution in [2.45, 2.75) is 32.4 Å². The quantitative estimate of drug-likeness (QED) is 0.656. The summed E-state index contributed by atoms with van der Waals surface area (Å²) in [7, 11) is 0. The third-order valence-corrected chi connectivity index (χ3v) is 6.93. The zero-order chi connectivity index (χ0) is 21.4. The number of benzene rings is 1. The molecule has 4 heterocycles. The van der Waals surface area contributed by atoms with Gasteiger partial charge in [0, 0.05) is 36.1 Å². The van der Waals surface area contributed by atoms with Crippen LogP contribution in [-0.2, 0) is 6.54 Å². The summed E-state index contributed by atoms with van der Waals surface area (Å²) < 4.78 is 1.84. The molecule has 3 aromatic rings. The van der Waals surface area contributed by atoms with Crippen LogP contribution in [0.25, 0.3) is 0 Å². The van der Waals surface area contributed by atoms with Crippen LogP contribution in [0.4, 0.5) is 10.5 Å². The maximum absolute atomic E-state index is 13.0. The molecule has 9 nitrogen and oxygen atoms in total. The number of amides is 3. The van der Waals surface area contributed by atoms with Crippen LogP contribution in [0.5, 0.6) is 0 Å². The van der Waals surface area contributed by atoms with E-state index in [4.69, 9.17) is 0 Å². The number of carbonyl (C=O) groups excluding carboxylic acids is 2. The van der Waals surface area contributed by atoms with Gasteiger partial charge < -0.3 is 15.5 Å². The molecule has 0 aliphatic carbocycles. The first-order chi connectivity index (χ1) is 15.0. The second-order valence-corrected chi connectivity index (χ2v) is 9.14. The summed E-state index contributed by atoms with van der Waals surface area (Å²) in [6.45, 7) is 3.78. The first kappa shape index (κ1) is 19.7. The van der Waals surface area contributed by atoms with Gasteiger partial charge in [-0.1, -0.05) is 18.2 Å². The molecular formula is C21H23N7O2S. The Labute approximate surface area is 183 Å². The van der Waals surface area contributed by atoms with E-state index in [2.05, 4.69) is 25.7 Å². The van der Waals surface area contributed by atoms with Crippen LogP contribution in [0.3, 0.4) is 0 Å². The molecule has 31 heavy (non-hydrogen) atoms. The Morgan fingerprint density at radius 1 is 1.19 bits per heavy atom. The minimum absolute atomic E-state index is 0.0549. The molecule has 2 atom stereocenters. The molecule has 1 aromatic carbocycles. The Balaban J connectivity index is 1.38. The van der Waals surface area contributed by atoms with E-state index in [-0.39, 0.29) is 23.4 Å². The average molecular weight is 438 g/mol. The minimum Gasteiger partial charge on any atom is -0.337 e. The van der Waals surface area contributed by atoms with Crippen molar-refractivity contribution >= 4 is 29.0 Å². The maximum Gasteiger partial charge on any atom is 0.319 e. The number of nitrogens with one attached hydrogen (secondary N) is 2. The number of nitrogens with zero attached hydrogens (tertiary/aromatic N) is 5. The van der Waals surface area contributed by atoms with E-state index in [1.807, 2.05) is 52.2 Å². The van der Waals surface area contributed by atoms with Crippen LogP contribution < -0.4 is 10.6 Å². The van der Waals surface area contributed by atoms with Crippen LogP contribution in [0, 0.1) is 12.3 Å². The van der Waals surface area contributed by atoms with Crippen LogP contribution in [0.15, 0.2) is 42.0 Å². The number of para-hydroxylation sites is 1. The van der Waals surface area contributed by atoms with E-state index in [0.717, 1.165) is 23.7 Å². The SMILES string of the molecule is Cc1nc(C(=O)N2CCC3(CCn4ncnc4C3NC(=O)Nc3ccccc3)C2)cs1. The van der Waals surface area contributed by atoms with Crippen LogP contribution in [0.1, 0.15) is 40.2 Å². The second-order valence-electron chi connectivity index (χ2n) is 8.08. The predicted molar refractivity (Wildman–Crippen MR) is 116 cm³/mol. The Hall–Kier alpha value is -3.27. The van der Waals surface area contributed by atoms with Gasteiger partial charge in [-0.2, -0.15) is 5.10 Å². The van der Waals surface area contributed by atoms with Crippen molar-refractivity contribution in [2.24, 2.45) is 5.41 Å². The number of carbonyl (C=O) groups is 2. The summed E-state index contributed by atoms with van der Waals surface area (Å²) in [5, 5.41) is 13.0. The van der Waals surface area contributed by atoms with E-state index in [0.29, 0.717) is 31.0 Å². The number of fused-ring (bicyclic) bond motifs is 1. The number of aromatic nitrogens is 4. The molecule has 1 saturated heterocycles. The van der Waals surface area contributed by atoms with E-state index in [1.54, 1.807) is 0 Å². The molecule has 160 valence electrons. The highest BCUT2D eigenvalue weighted by molar-refractivity contribution is 7.09. The lowest BCUT2D eigenvalue weighted by Gasteiger charge is -2.40. The molecule has 10 heteroatoms. The smallest absolute Gasteiger partial charge is 0.319 e. The third-order valence-electron chi connectivity index (χ3n) is 6.16. The molecule has 2 aromatic heterocycles. The van der Waals surface area contributed by atoms with Crippen molar-refractivity contribution in [2.75, 3.05) is 18.4 Å². The van der Waals surface area contributed by atoms with Gasteiger partial charge in [-0.05, 0) is 31.9 Å². The molecular weight excluding hydrogens is 414 g/mol. The lowest BCUT2D eigenvalue weighted by molar-refractivity contribution is 0.0730. The molecule has 5 rings (SSSR count). The second kappa shape index (κ2) is 7.77. The van der Waals surface area contributed by atoms with Crippen molar-refractivity contribution in [3.05, 3.63) is 58.6 Å². The van der Waals surface area contributed by atoms with Crippen LogP contribution >= 0.6 is 11.3 Å². The fourth-order valence-electron chi connectivity index (χ4n) is 4.59. The highest BCUT2D eigenvalue weighted by atomic mass is 32.1. The summed E-state index contributed by atoms with van der Waals surface area (Å²) in [4.78, 5) is 36.5. The number of thiazole rings is 1. The summed E-state index contributed by atoms with van der Waals surface area (Å²) in [6.07, 6.45) is 3.11. The molecule has 2 aliphatic rings. The van der Waals surface area contributed by atoms with Gasteiger partial charge in [0.2, 0.25) is 0 Å². The van der Waals surface area contributed by atoms with Crippen molar-refractivity contribution < 1.29 is 9.59 Å². The van der Waals surface area contributed by atoms with Gasteiger partial charge in [0.05, 0.1) is 11.0 Å². The highest BCUT2D eigenvalue weighted by Gasteiger charge is 2.51. The molecule has 3 amide bonds. The maximum atomic E-state index is 13.0. The van der Waals surface area contributed by atoms with E-state index >= 15 is 0 Å². The van der Waals surface area contributed by atoms with Crippen molar-refractivity contribution in [1.29, 1.82) is 0 Å². The average Bonchev–Trinajstić information content (AvgIpc) is 3.51. The monoisotopic (exact) mass is 437 g/mol. The molecule has 2 aliphatic heterocycles. The number of anilines is 1. The van der Waals surface area contributed by atoms with E-state index in [9.17, 15) is 9.59 Å². The molecule has 2 unspecified atom stereocenters. The largest absolute Gasteiger partial charge is 0.337 e. The molecule has 0 saturated carbocycles. The topological polar surface area (TPSA) is 105 Å². The lowest BCUT2D eigenvalue weighted by Crippen LogP contribution is -2.49. The molecule has 2 N–H and O–H groups in total. The summed E-state index contributed by atoms with van der Waals surface area (Å²) in [5.41, 5.74) is 0.913. The van der Waals surface area contributed by atoms with Gasteiger partial charge >= 0.3 is 6.03 Å². The summed E-state index contributed by atoms with van der Waals surface area (Å²) in [6, 6.07) is 8.67. The summed E-state index contributed by atoms with van der Waals surface area (Å²) in [5.74, 6) is 0.675. The zero-order valence-electron chi connectivity index (χ0n) is 17.1. The van der Waals surface area contributed by atoms with Crippen LogP contribution in [0.2, 0.25) is 0 Å². The molecule has 1 fully saturated rings. The van der Waals surface area contributed by atoms with E-state index in [1.165, 1.54) is 17.7 Å². The van der Waals surface area contributed by atoms with Gasteiger partial charge in [0.1, 0.15) is 17.8 Å². The Bertz CT molecular complexity index is 1110. The predicted octanol–water partition coefficient (Wildman–Crippen LogP) is 2.84. The van der Waals surface area contributed by atoms with Crippen LogP contribution in [-0.4, -0.2) is 49.7 Å². The zero-order valence-corrected chi connectivity index (χ0v) is 17.9. The van der Waals surface area contributed by atoms with Crippen molar-refractivity contribution in [1.82, 2.24) is 30.0 Å². The van der Waals surface area contributed by atoms with E-state index < -0.39 is 0 Å². The van der Waals surface area contributed by atoms with Crippen molar-refractivity contribution in [3.63, 3.8) is 0 Å². The molecule has 1 spiro atoms. The Morgan fingerprint density at radius 3 is 2.77 bits per heavy atom. The number of likely N-dealkylation sites (tertiary alicyclic amines) is 1. The van der Waals surface area contributed by atoms with Gasteiger partial charge in [0.15, 0.2) is 0 Å². The van der Waals surface area contributed by atoms with Gasteiger partial charge in [-0.3, -0.25) is 4.79 Å². The Morgan fingerprint density at radius 2 is 2.00 bits per heavy atom. The Kier molecular flexibility index (Phi) is 4.93. The number of rotatable bonds is 3. The standard InChI is InChI=1S/C21H23N7O2S/c1-14-24-16(11-31-14)19(29)27-9-7-21(12-27)8-10-28-18(22-13-23-28)17(21)26-20(30)25-15-5-3-2-4-6-15/h2-6,11,13,17H,7-10,12H2,1H3,(H2,25,26,30). The first-order valence-electron chi connectivity index (χ1n) is 10.3. The normalized spacial score (nSPS) is 22.4. The van der Waals surface area contributed by atoms with Gasteiger partial charge in [0.25, 0.3) is 5.91 Å².